The molecule has 0 fully saturated rings. The summed E-state index contributed by atoms with van der Waals surface area (Å²) >= 11 is 4.42. The first kappa shape index (κ1) is 6.61. The van der Waals surface area contributed by atoms with Gasteiger partial charge in [-0.3, -0.25) is 10.6 Å². The third kappa shape index (κ3) is 2.32. The Balaban J connectivity index is 3.35. The standard InChI is InChI=1S/C2H7N3OS/c1-5(6)2(7)4-3/h6H,3H2,1H3,(H,4,7). The Morgan fingerprint density at radius 2 is 2.43 bits per heavy atom. The van der Waals surface area contributed by atoms with Crippen LogP contribution < -0.4 is 11.3 Å². The number of hydroxylamine groups is 2. The molecule has 0 aromatic heterocycles. The SMILES string of the molecule is CN(O)C(=S)NN. The van der Waals surface area contributed by atoms with Crippen LogP contribution in [-0.2, 0) is 0 Å². The van der Waals surface area contributed by atoms with Gasteiger partial charge in [0.15, 0.2) is 0 Å². The summed E-state index contributed by atoms with van der Waals surface area (Å²) in [7, 11) is 1.38. The van der Waals surface area contributed by atoms with Gasteiger partial charge < -0.3 is 0 Å². The molecule has 0 atom stereocenters. The van der Waals surface area contributed by atoms with E-state index >= 15 is 0 Å². The van der Waals surface area contributed by atoms with Gasteiger partial charge >= 0.3 is 0 Å². The summed E-state index contributed by atoms with van der Waals surface area (Å²) in [5.41, 5.74) is 2.07. The molecule has 0 aliphatic heterocycles. The van der Waals surface area contributed by atoms with Crippen molar-refractivity contribution in [3.05, 3.63) is 0 Å². The highest BCUT2D eigenvalue weighted by atomic mass is 32.1. The first-order valence-corrected chi connectivity index (χ1v) is 2.02. The number of nitrogens with zero attached hydrogens (tertiary/aromatic N) is 1. The van der Waals surface area contributed by atoms with E-state index in [-0.39, 0.29) is 5.11 Å². The van der Waals surface area contributed by atoms with Crippen molar-refractivity contribution in [2.75, 3.05) is 7.05 Å². The van der Waals surface area contributed by atoms with Gasteiger partial charge in [-0.05, 0) is 12.2 Å². The Morgan fingerprint density at radius 1 is 2.00 bits per heavy atom. The molecule has 0 unspecified atom stereocenters. The summed E-state index contributed by atoms with van der Waals surface area (Å²) in [5.74, 6) is 4.78. The van der Waals surface area contributed by atoms with Gasteiger partial charge in [0.1, 0.15) is 0 Å². The van der Waals surface area contributed by atoms with Crippen molar-refractivity contribution in [2.24, 2.45) is 5.84 Å². The van der Waals surface area contributed by atoms with Crippen LogP contribution in [0.3, 0.4) is 0 Å². The molecule has 4 N–H and O–H groups in total. The number of rotatable bonds is 0. The van der Waals surface area contributed by atoms with Crippen LogP contribution in [0.25, 0.3) is 0 Å². The lowest BCUT2D eigenvalue weighted by atomic mass is 11.0. The zero-order valence-electron chi connectivity index (χ0n) is 3.88. The molecular weight excluding hydrogens is 114 g/mol. The molecule has 0 heterocycles. The molecule has 0 saturated carbocycles. The van der Waals surface area contributed by atoms with Crippen LogP contribution in [0.2, 0.25) is 0 Å². The maximum Gasteiger partial charge on any atom is 0.207 e. The first-order chi connectivity index (χ1) is 3.18. The molecule has 0 amide bonds. The minimum atomic E-state index is 0.0972. The second-order valence-corrected chi connectivity index (χ2v) is 1.36. The van der Waals surface area contributed by atoms with Crippen molar-refractivity contribution < 1.29 is 5.21 Å². The van der Waals surface area contributed by atoms with Crippen LogP contribution in [0.15, 0.2) is 0 Å². The van der Waals surface area contributed by atoms with E-state index in [1.54, 1.807) is 0 Å². The van der Waals surface area contributed by atoms with Crippen molar-refractivity contribution >= 4 is 17.3 Å². The first-order valence-electron chi connectivity index (χ1n) is 1.61. The van der Waals surface area contributed by atoms with Gasteiger partial charge in [-0.25, -0.2) is 10.9 Å². The fraction of sp³-hybridized carbons (Fsp3) is 0.500. The van der Waals surface area contributed by atoms with Crippen molar-refractivity contribution in [3.63, 3.8) is 0 Å². The van der Waals surface area contributed by atoms with Gasteiger partial charge in [0.25, 0.3) is 0 Å². The van der Waals surface area contributed by atoms with Gasteiger partial charge in [0, 0.05) is 7.05 Å². The Hall–Kier alpha value is -0.390. The Kier molecular flexibility index (Phi) is 2.58. The quantitative estimate of drug-likeness (QED) is 0.219. The average Bonchev–Trinajstić information content (AvgIpc) is 1.65. The lowest BCUT2D eigenvalue weighted by molar-refractivity contribution is 0.0127. The van der Waals surface area contributed by atoms with E-state index in [9.17, 15) is 0 Å². The van der Waals surface area contributed by atoms with Gasteiger partial charge in [0.05, 0.1) is 0 Å². The van der Waals surface area contributed by atoms with Gasteiger partial charge in [-0.15, -0.1) is 0 Å². The van der Waals surface area contributed by atoms with Crippen LogP contribution in [-0.4, -0.2) is 22.4 Å². The van der Waals surface area contributed by atoms with Gasteiger partial charge in [-0.2, -0.15) is 0 Å². The summed E-state index contributed by atoms with van der Waals surface area (Å²) in [4.78, 5) is 0. The fourth-order valence-corrected chi connectivity index (χ4v) is 0.0934. The molecule has 7 heavy (non-hydrogen) atoms. The summed E-state index contributed by atoms with van der Waals surface area (Å²) in [6.45, 7) is 0. The molecule has 4 nitrogen and oxygen atoms in total. The number of thiocarbonyl (C=S) groups is 1. The third-order valence-corrected chi connectivity index (χ3v) is 0.799. The topological polar surface area (TPSA) is 61.5 Å². The molecule has 42 valence electrons. The normalized spacial score (nSPS) is 7.86. The molecule has 0 aromatic carbocycles. The molecule has 0 aliphatic carbocycles. The second kappa shape index (κ2) is 2.73. The van der Waals surface area contributed by atoms with E-state index in [1.165, 1.54) is 7.05 Å². The second-order valence-electron chi connectivity index (χ2n) is 0.973. The van der Waals surface area contributed by atoms with Gasteiger partial charge in [-0.1, -0.05) is 0 Å². The maximum absolute atomic E-state index is 8.37. The van der Waals surface area contributed by atoms with Crippen molar-refractivity contribution in [1.82, 2.24) is 10.5 Å². The van der Waals surface area contributed by atoms with Crippen molar-refractivity contribution in [1.29, 1.82) is 0 Å². The molecular formula is C2H7N3OS. The molecule has 0 saturated heterocycles. The number of hydrogen-bond acceptors (Lipinski definition) is 3. The number of nitrogens with two attached hydrogens (primary N) is 1. The Labute approximate surface area is 46.8 Å². The molecule has 0 radical (unpaired) electrons. The molecule has 0 rings (SSSR count). The minimum Gasteiger partial charge on any atom is -0.299 e. The highest BCUT2D eigenvalue weighted by Crippen LogP contribution is 1.70. The predicted molar refractivity (Wildman–Crippen MR) is 29.5 cm³/mol. The monoisotopic (exact) mass is 121 g/mol. The number of hydrazine groups is 1. The zero-order chi connectivity index (χ0) is 5.86. The summed E-state index contributed by atoms with van der Waals surface area (Å²) in [6, 6.07) is 0. The number of hydrogen-bond donors (Lipinski definition) is 3. The highest BCUT2D eigenvalue weighted by molar-refractivity contribution is 7.80. The predicted octanol–water partition coefficient (Wildman–Crippen LogP) is -0.944. The van der Waals surface area contributed by atoms with Crippen molar-refractivity contribution in [2.45, 2.75) is 0 Å². The van der Waals surface area contributed by atoms with Crippen LogP contribution in [0.1, 0.15) is 0 Å². The van der Waals surface area contributed by atoms with E-state index in [0.717, 1.165) is 5.06 Å². The fourth-order valence-electron chi connectivity index (χ4n) is 0.0934. The van der Waals surface area contributed by atoms with Gasteiger partial charge in [0.2, 0.25) is 5.11 Å². The summed E-state index contributed by atoms with van der Waals surface area (Å²) in [6.07, 6.45) is 0. The lowest BCUT2D eigenvalue weighted by Gasteiger charge is -2.08. The highest BCUT2D eigenvalue weighted by Gasteiger charge is 1.91. The van der Waals surface area contributed by atoms with Crippen LogP contribution in [0, 0.1) is 0 Å². The van der Waals surface area contributed by atoms with E-state index in [2.05, 4.69) is 17.6 Å². The van der Waals surface area contributed by atoms with Crippen LogP contribution >= 0.6 is 12.2 Å². The molecule has 5 heteroatoms. The number of nitrogens with one attached hydrogen (secondary N) is 1. The zero-order valence-corrected chi connectivity index (χ0v) is 4.70. The van der Waals surface area contributed by atoms with Crippen LogP contribution in [0.4, 0.5) is 0 Å². The van der Waals surface area contributed by atoms with E-state index < -0.39 is 0 Å². The van der Waals surface area contributed by atoms with Crippen LogP contribution in [0.5, 0.6) is 0 Å². The summed E-state index contributed by atoms with van der Waals surface area (Å²) in [5, 5.41) is 9.19. The lowest BCUT2D eigenvalue weighted by Crippen LogP contribution is -2.38. The van der Waals surface area contributed by atoms with E-state index in [1.807, 2.05) is 0 Å². The average molecular weight is 121 g/mol. The largest absolute Gasteiger partial charge is 0.299 e. The van der Waals surface area contributed by atoms with E-state index in [4.69, 9.17) is 11.0 Å². The maximum atomic E-state index is 8.37. The Bertz CT molecular complexity index is 73.3. The third-order valence-electron chi connectivity index (χ3n) is 0.417. The smallest absolute Gasteiger partial charge is 0.207 e. The molecule has 0 spiro atoms. The van der Waals surface area contributed by atoms with Crippen molar-refractivity contribution in [3.8, 4) is 0 Å². The Morgan fingerprint density at radius 3 is 2.43 bits per heavy atom. The summed E-state index contributed by atoms with van der Waals surface area (Å²) < 4.78 is 0. The molecule has 0 bridgehead atoms. The molecule has 0 aliphatic rings. The minimum absolute atomic E-state index is 0.0972. The molecule has 0 aromatic rings. The van der Waals surface area contributed by atoms with E-state index in [0.29, 0.717) is 0 Å².